The van der Waals surface area contributed by atoms with Gasteiger partial charge in [0, 0.05) is 43.2 Å². The Morgan fingerprint density at radius 1 is 0.960 bits per heavy atom. The van der Waals surface area contributed by atoms with E-state index in [1.54, 1.807) is 0 Å². The van der Waals surface area contributed by atoms with E-state index in [9.17, 15) is 14.0 Å². The molecule has 0 fully saturated rings. The first kappa shape index (κ1) is 16.9. The molecule has 1 N–H and O–H groups in total. The Morgan fingerprint density at radius 3 is 2.52 bits per heavy atom. The second kappa shape index (κ2) is 7.75. The second-order valence-corrected chi connectivity index (χ2v) is 5.85. The molecule has 0 saturated carbocycles. The zero-order valence-corrected chi connectivity index (χ0v) is 13.7. The third-order valence-electron chi connectivity index (χ3n) is 4.10. The first-order chi connectivity index (χ1) is 12.1. The Balaban J connectivity index is 1.44. The summed E-state index contributed by atoms with van der Waals surface area (Å²) in [5.74, 6) is -0.703. The molecule has 3 rings (SSSR count). The highest BCUT2D eigenvalue weighted by molar-refractivity contribution is 5.97. The smallest absolute Gasteiger partial charge is 0.220 e. The molecule has 4 nitrogen and oxygen atoms in total. The monoisotopic (exact) mass is 338 g/mol. The fraction of sp³-hybridized carbons (Fsp3) is 0.200. The van der Waals surface area contributed by atoms with E-state index < -0.39 is 0 Å². The van der Waals surface area contributed by atoms with Crippen molar-refractivity contribution in [3.63, 3.8) is 0 Å². The van der Waals surface area contributed by atoms with Gasteiger partial charge in [-0.15, -0.1) is 0 Å². The van der Waals surface area contributed by atoms with Crippen LogP contribution in [0.15, 0.2) is 60.8 Å². The van der Waals surface area contributed by atoms with Crippen LogP contribution in [-0.4, -0.2) is 22.8 Å². The van der Waals surface area contributed by atoms with E-state index in [0.717, 1.165) is 5.52 Å². The van der Waals surface area contributed by atoms with Gasteiger partial charge in [-0.3, -0.25) is 9.59 Å². The van der Waals surface area contributed by atoms with Crippen molar-refractivity contribution in [3.05, 3.63) is 72.2 Å². The molecule has 0 radical (unpaired) electrons. The van der Waals surface area contributed by atoms with Crippen LogP contribution in [0.4, 0.5) is 4.39 Å². The summed E-state index contributed by atoms with van der Waals surface area (Å²) in [4.78, 5) is 23.9. The predicted octanol–water partition coefficient (Wildman–Crippen LogP) is 3.56. The Labute approximate surface area is 145 Å². The summed E-state index contributed by atoms with van der Waals surface area (Å²) in [5.41, 5.74) is 1.55. The predicted molar refractivity (Wildman–Crippen MR) is 94.9 cm³/mol. The van der Waals surface area contributed by atoms with Gasteiger partial charge >= 0.3 is 0 Å². The van der Waals surface area contributed by atoms with Crippen molar-refractivity contribution >= 4 is 22.6 Å². The molecular weight excluding hydrogens is 319 g/mol. The average Bonchev–Trinajstić information content (AvgIpc) is 3.04. The number of halogens is 1. The lowest BCUT2D eigenvalue weighted by Gasteiger charge is -2.07. The lowest BCUT2D eigenvalue weighted by Crippen LogP contribution is -2.27. The molecule has 1 amide bonds. The van der Waals surface area contributed by atoms with Gasteiger partial charge in [0.05, 0.1) is 0 Å². The molecular formula is C20H19FN2O2. The first-order valence-corrected chi connectivity index (χ1v) is 8.23. The van der Waals surface area contributed by atoms with Crippen molar-refractivity contribution in [3.8, 4) is 0 Å². The molecule has 3 aromatic rings. The van der Waals surface area contributed by atoms with Crippen molar-refractivity contribution < 1.29 is 14.0 Å². The van der Waals surface area contributed by atoms with E-state index in [1.165, 1.54) is 29.7 Å². The highest BCUT2D eigenvalue weighted by Gasteiger charge is 2.09. The Bertz CT molecular complexity index is 884. The van der Waals surface area contributed by atoms with E-state index in [1.807, 2.05) is 36.5 Å². The minimum Gasteiger partial charge on any atom is -0.354 e. The summed E-state index contributed by atoms with van der Waals surface area (Å²) in [5, 5.41) is 4.00. The minimum absolute atomic E-state index is 0.115. The zero-order valence-electron chi connectivity index (χ0n) is 13.7. The molecule has 0 aliphatic heterocycles. The molecule has 128 valence electrons. The number of benzene rings is 2. The van der Waals surface area contributed by atoms with E-state index in [2.05, 4.69) is 9.88 Å². The maximum atomic E-state index is 12.8. The molecule has 0 spiro atoms. The van der Waals surface area contributed by atoms with Gasteiger partial charge in [-0.1, -0.05) is 18.2 Å². The molecule has 25 heavy (non-hydrogen) atoms. The fourth-order valence-electron chi connectivity index (χ4n) is 2.75. The molecule has 0 aliphatic rings. The highest BCUT2D eigenvalue weighted by Crippen LogP contribution is 2.14. The standard InChI is InChI=1S/C20H19FN2O2/c21-17-7-5-16(6-8-17)19(24)9-10-20(25)22-12-14-23-13-11-15-3-1-2-4-18(15)23/h1-8,11,13H,9-10,12,14H2,(H,22,25). The number of carbonyl (C=O) groups is 2. The summed E-state index contributed by atoms with van der Waals surface area (Å²) >= 11 is 0. The topological polar surface area (TPSA) is 51.1 Å². The number of para-hydroxylation sites is 1. The number of amides is 1. The summed E-state index contributed by atoms with van der Waals surface area (Å²) in [6.45, 7) is 1.17. The quantitative estimate of drug-likeness (QED) is 0.670. The van der Waals surface area contributed by atoms with Crippen molar-refractivity contribution in [2.24, 2.45) is 0 Å². The van der Waals surface area contributed by atoms with E-state index in [4.69, 9.17) is 0 Å². The molecule has 0 bridgehead atoms. The lowest BCUT2D eigenvalue weighted by molar-refractivity contribution is -0.121. The third kappa shape index (κ3) is 4.32. The van der Waals surface area contributed by atoms with Crippen LogP contribution in [0.3, 0.4) is 0 Å². The fourth-order valence-corrected chi connectivity index (χ4v) is 2.75. The van der Waals surface area contributed by atoms with Gasteiger partial charge in [0.15, 0.2) is 5.78 Å². The van der Waals surface area contributed by atoms with Gasteiger partial charge in [0.2, 0.25) is 5.91 Å². The van der Waals surface area contributed by atoms with Crippen molar-refractivity contribution in [2.75, 3.05) is 6.54 Å². The Morgan fingerprint density at radius 2 is 1.72 bits per heavy atom. The number of fused-ring (bicyclic) bond motifs is 1. The van der Waals surface area contributed by atoms with Crippen molar-refractivity contribution in [2.45, 2.75) is 19.4 Å². The summed E-state index contributed by atoms with van der Waals surface area (Å²) < 4.78 is 14.9. The van der Waals surface area contributed by atoms with Crippen LogP contribution < -0.4 is 5.32 Å². The average molecular weight is 338 g/mol. The summed E-state index contributed by atoms with van der Waals surface area (Å²) in [7, 11) is 0. The second-order valence-electron chi connectivity index (χ2n) is 5.85. The number of carbonyl (C=O) groups excluding carboxylic acids is 2. The third-order valence-corrected chi connectivity index (χ3v) is 4.10. The molecule has 0 saturated heterocycles. The van der Waals surface area contributed by atoms with Crippen LogP contribution in [0.2, 0.25) is 0 Å². The van der Waals surface area contributed by atoms with Gasteiger partial charge < -0.3 is 9.88 Å². The normalized spacial score (nSPS) is 10.8. The minimum atomic E-state index is -0.383. The first-order valence-electron chi connectivity index (χ1n) is 8.23. The number of nitrogens with one attached hydrogen (secondary N) is 1. The van der Waals surface area contributed by atoms with Gasteiger partial charge in [-0.25, -0.2) is 4.39 Å². The summed E-state index contributed by atoms with van der Waals surface area (Å²) in [6, 6.07) is 15.5. The molecule has 2 aromatic carbocycles. The number of Topliss-reactive ketones (excluding diaryl/α,β-unsaturated/α-hetero) is 1. The van der Waals surface area contributed by atoms with E-state index in [0.29, 0.717) is 18.7 Å². The molecule has 1 aromatic heterocycles. The van der Waals surface area contributed by atoms with Gasteiger partial charge in [-0.05, 0) is 41.8 Å². The molecule has 0 unspecified atom stereocenters. The van der Waals surface area contributed by atoms with Crippen molar-refractivity contribution in [1.82, 2.24) is 9.88 Å². The number of nitrogens with zero attached hydrogens (tertiary/aromatic N) is 1. The number of hydrogen-bond acceptors (Lipinski definition) is 2. The molecule has 1 heterocycles. The van der Waals surface area contributed by atoms with Gasteiger partial charge in [-0.2, -0.15) is 0 Å². The maximum Gasteiger partial charge on any atom is 0.220 e. The Hall–Kier alpha value is -2.95. The van der Waals surface area contributed by atoms with Crippen LogP contribution >= 0.6 is 0 Å². The zero-order chi connectivity index (χ0) is 17.6. The Kier molecular flexibility index (Phi) is 5.23. The van der Waals surface area contributed by atoms with E-state index in [-0.39, 0.29) is 30.3 Å². The molecule has 0 atom stereocenters. The van der Waals surface area contributed by atoms with Crippen molar-refractivity contribution in [1.29, 1.82) is 0 Å². The van der Waals surface area contributed by atoms with Crippen LogP contribution in [0.1, 0.15) is 23.2 Å². The van der Waals surface area contributed by atoms with Crippen LogP contribution in [0.25, 0.3) is 10.9 Å². The SMILES string of the molecule is O=C(CCC(=O)c1ccc(F)cc1)NCCn1ccc2ccccc21. The largest absolute Gasteiger partial charge is 0.354 e. The van der Waals surface area contributed by atoms with Crippen LogP contribution in [0, 0.1) is 5.82 Å². The number of hydrogen-bond donors (Lipinski definition) is 1. The number of ketones is 1. The van der Waals surface area contributed by atoms with Gasteiger partial charge in [0.25, 0.3) is 0 Å². The van der Waals surface area contributed by atoms with Crippen LogP contribution in [0.5, 0.6) is 0 Å². The molecule has 0 aliphatic carbocycles. The van der Waals surface area contributed by atoms with Crippen LogP contribution in [-0.2, 0) is 11.3 Å². The van der Waals surface area contributed by atoms with Gasteiger partial charge in [0.1, 0.15) is 5.82 Å². The summed E-state index contributed by atoms with van der Waals surface area (Å²) in [6.07, 6.45) is 2.24. The number of aromatic nitrogens is 1. The molecule has 5 heteroatoms. The number of rotatable bonds is 7. The van der Waals surface area contributed by atoms with E-state index >= 15 is 0 Å². The highest BCUT2D eigenvalue weighted by atomic mass is 19.1. The maximum absolute atomic E-state index is 12.8. The lowest BCUT2D eigenvalue weighted by atomic mass is 10.1.